The Morgan fingerprint density at radius 1 is 0.947 bits per heavy atom. The summed E-state index contributed by atoms with van der Waals surface area (Å²) in [5, 5.41) is 0. The van der Waals surface area contributed by atoms with Gasteiger partial charge in [-0.15, -0.1) is 0 Å². The van der Waals surface area contributed by atoms with E-state index in [9.17, 15) is 21.6 Å². The topological polar surface area (TPSA) is 47.0 Å². The van der Waals surface area contributed by atoms with Gasteiger partial charge in [0.25, 0.3) is 9.84 Å². The lowest BCUT2D eigenvalue weighted by atomic mass is 10.1. The standard InChI is InChI=1S/C12H8F3NO2S/c13-12(14,15)19(17,18)11-3-1-2-10(8-11)9-4-6-16-7-5-9/h1-8H. The van der Waals surface area contributed by atoms with Crippen molar-refractivity contribution >= 4 is 9.84 Å². The molecule has 0 atom stereocenters. The van der Waals surface area contributed by atoms with Crippen molar-refractivity contribution < 1.29 is 21.6 Å². The number of benzene rings is 1. The van der Waals surface area contributed by atoms with Gasteiger partial charge in [0.2, 0.25) is 0 Å². The van der Waals surface area contributed by atoms with Crippen molar-refractivity contribution in [1.29, 1.82) is 0 Å². The summed E-state index contributed by atoms with van der Waals surface area (Å²) in [4.78, 5) is 3.01. The van der Waals surface area contributed by atoms with E-state index < -0.39 is 20.2 Å². The first-order chi connectivity index (χ1) is 8.82. The lowest BCUT2D eigenvalue weighted by Crippen LogP contribution is -2.23. The molecule has 0 radical (unpaired) electrons. The molecule has 1 aromatic heterocycles. The predicted octanol–water partition coefficient (Wildman–Crippen LogP) is 3.04. The summed E-state index contributed by atoms with van der Waals surface area (Å²) in [6.07, 6.45) is 2.94. The summed E-state index contributed by atoms with van der Waals surface area (Å²) in [6, 6.07) is 7.89. The van der Waals surface area contributed by atoms with Gasteiger partial charge in [-0.3, -0.25) is 4.98 Å². The molecule has 100 valence electrons. The summed E-state index contributed by atoms with van der Waals surface area (Å²) in [5.74, 6) is 0. The van der Waals surface area contributed by atoms with Gasteiger partial charge < -0.3 is 0 Å². The van der Waals surface area contributed by atoms with Crippen LogP contribution in [0.3, 0.4) is 0 Å². The van der Waals surface area contributed by atoms with Gasteiger partial charge in [-0.05, 0) is 35.4 Å². The van der Waals surface area contributed by atoms with E-state index in [0.717, 1.165) is 12.1 Å². The predicted molar refractivity (Wildman–Crippen MR) is 62.9 cm³/mol. The Kier molecular flexibility index (Phi) is 3.32. The number of halogens is 3. The largest absolute Gasteiger partial charge is 0.501 e. The minimum Gasteiger partial charge on any atom is -0.265 e. The number of pyridine rings is 1. The van der Waals surface area contributed by atoms with E-state index in [1.165, 1.54) is 24.5 Å². The van der Waals surface area contributed by atoms with Crippen LogP contribution in [0.1, 0.15) is 0 Å². The number of sulfone groups is 1. The normalized spacial score (nSPS) is 12.4. The van der Waals surface area contributed by atoms with Crippen molar-refractivity contribution in [3.63, 3.8) is 0 Å². The lowest BCUT2D eigenvalue weighted by molar-refractivity contribution is -0.0435. The number of aromatic nitrogens is 1. The van der Waals surface area contributed by atoms with Crippen LogP contribution in [0.5, 0.6) is 0 Å². The van der Waals surface area contributed by atoms with Crippen LogP contribution in [0.15, 0.2) is 53.7 Å². The third kappa shape index (κ3) is 2.60. The number of rotatable bonds is 2. The molecule has 19 heavy (non-hydrogen) atoms. The smallest absolute Gasteiger partial charge is 0.265 e. The zero-order chi connectivity index (χ0) is 14.1. The van der Waals surface area contributed by atoms with Crippen molar-refractivity contribution in [3.05, 3.63) is 48.8 Å². The van der Waals surface area contributed by atoms with E-state index in [1.807, 2.05) is 0 Å². The van der Waals surface area contributed by atoms with Crippen LogP contribution in [0.25, 0.3) is 11.1 Å². The minimum absolute atomic E-state index is 0.382. The fraction of sp³-hybridized carbons (Fsp3) is 0.0833. The van der Waals surface area contributed by atoms with Crippen LogP contribution in [-0.2, 0) is 9.84 Å². The highest BCUT2D eigenvalue weighted by Gasteiger charge is 2.46. The van der Waals surface area contributed by atoms with Crippen LogP contribution >= 0.6 is 0 Å². The van der Waals surface area contributed by atoms with Gasteiger partial charge in [-0.25, -0.2) is 8.42 Å². The number of hydrogen-bond acceptors (Lipinski definition) is 3. The second kappa shape index (κ2) is 4.65. The summed E-state index contributed by atoms with van der Waals surface area (Å²) < 4.78 is 60.0. The molecule has 1 aromatic carbocycles. The second-order valence-corrected chi connectivity index (χ2v) is 5.65. The van der Waals surface area contributed by atoms with E-state index in [2.05, 4.69) is 4.98 Å². The van der Waals surface area contributed by atoms with E-state index in [0.29, 0.717) is 11.1 Å². The Morgan fingerprint density at radius 2 is 1.58 bits per heavy atom. The third-order valence-corrected chi connectivity index (χ3v) is 3.95. The maximum Gasteiger partial charge on any atom is 0.501 e. The number of hydrogen-bond donors (Lipinski definition) is 0. The van der Waals surface area contributed by atoms with Gasteiger partial charge in [-0.1, -0.05) is 12.1 Å². The van der Waals surface area contributed by atoms with E-state index in [1.54, 1.807) is 12.1 Å². The summed E-state index contributed by atoms with van der Waals surface area (Å²) in [5.41, 5.74) is -4.33. The first-order valence-electron chi connectivity index (χ1n) is 5.14. The Labute approximate surface area is 107 Å². The minimum atomic E-state index is -5.32. The van der Waals surface area contributed by atoms with Crippen LogP contribution in [-0.4, -0.2) is 18.9 Å². The molecule has 0 aliphatic rings. The molecule has 3 nitrogen and oxygen atoms in total. The van der Waals surface area contributed by atoms with Crippen molar-refractivity contribution in [3.8, 4) is 11.1 Å². The Hall–Kier alpha value is -1.89. The van der Waals surface area contributed by atoms with Crippen LogP contribution in [0, 0.1) is 0 Å². The maximum atomic E-state index is 12.5. The molecule has 0 saturated heterocycles. The molecular weight excluding hydrogens is 279 g/mol. The summed E-state index contributed by atoms with van der Waals surface area (Å²) in [6.45, 7) is 0. The molecule has 2 aromatic rings. The Morgan fingerprint density at radius 3 is 2.16 bits per heavy atom. The number of nitrogens with zero attached hydrogens (tertiary/aromatic N) is 1. The van der Waals surface area contributed by atoms with Gasteiger partial charge in [0.15, 0.2) is 0 Å². The molecule has 1 heterocycles. The van der Waals surface area contributed by atoms with Crippen molar-refractivity contribution in [1.82, 2.24) is 4.98 Å². The SMILES string of the molecule is O=S(=O)(c1cccc(-c2ccncc2)c1)C(F)(F)F. The summed E-state index contributed by atoms with van der Waals surface area (Å²) >= 11 is 0. The number of alkyl halides is 3. The average Bonchev–Trinajstić information content (AvgIpc) is 2.39. The van der Waals surface area contributed by atoms with Gasteiger partial charge in [0, 0.05) is 12.4 Å². The zero-order valence-electron chi connectivity index (χ0n) is 9.42. The van der Waals surface area contributed by atoms with E-state index >= 15 is 0 Å². The van der Waals surface area contributed by atoms with Gasteiger partial charge in [0.1, 0.15) is 0 Å². The molecule has 0 aliphatic carbocycles. The first kappa shape index (κ1) is 13.5. The molecule has 0 amide bonds. The molecule has 0 bridgehead atoms. The van der Waals surface area contributed by atoms with Gasteiger partial charge >= 0.3 is 5.51 Å². The van der Waals surface area contributed by atoms with Gasteiger partial charge in [0.05, 0.1) is 4.90 Å². The van der Waals surface area contributed by atoms with Crippen LogP contribution in [0.2, 0.25) is 0 Å². The highest BCUT2D eigenvalue weighted by atomic mass is 32.2. The molecule has 0 unspecified atom stereocenters. The fourth-order valence-corrected chi connectivity index (χ4v) is 2.33. The summed E-state index contributed by atoms with van der Waals surface area (Å²) in [7, 11) is -5.32. The van der Waals surface area contributed by atoms with Gasteiger partial charge in [-0.2, -0.15) is 13.2 Å². The maximum absolute atomic E-state index is 12.5. The monoisotopic (exact) mass is 287 g/mol. The quantitative estimate of drug-likeness (QED) is 0.853. The van der Waals surface area contributed by atoms with Crippen LogP contribution < -0.4 is 0 Å². The van der Waals surface area contributed by atoms with Crippen LogP contribution in [0.4, 0.5) is 13.2 Å². The molecule has 7 heteroatoms. The highest BCUT2D eigenvalue weighted by Crippen LogP contribution is 2.32. The fourth-order valence-electron chi connectivity index (χ4n) is 1.52. The molecule has 0 N–H and O–H groups in total. The molecule has 0 aliphatic heterocycles. The molecular formula is C12H8F3NO2S. The van der Waals surface area contributed by atoms with Crippen molar-refractivity contribution in [2.45, 2.75) is 10.4 Å². The lowest BCUT2D eigenvalue weighted by Gasteiger charge is -2.09. The third-order valence-electron chi connectivity index (χ3n) is 2.46. The zero-order valence-corrected chi connectivity index (χ0v) is 10.2. The molecule has 0 saturated carbocycles. The highest BCUT2D eigenvalue weighted by molar-refractivity contribution is 7.92. The van der Waals surface area contributed by atoms with E-state index in [-0.39, 0.29) is 0 Å². The Bertz CT molecular complexity index is 682. The second-order valence-electron chi connectivity index (χ2n) is 3.71. The molecule has 0 fully saturated rings. The molecule has 2 rings (SSSR count). The van der Waals surface area contributed by atoms with Crippen molar-refractivity contribution in [2.75, 3.05) is 0 Å². The molecule has 0 spiro atoms. The Balaban J connectivity index is 2.53. The van der Waals surface area contributed by atoms with E-state index in [4.69, 9.17) is 0 Å². The first-order valence-corrected chi connectivity index (χ1v) is 6.62. The van der Waals surface area contributed by atoms with Crippen molar-refractivity contribution in [2.24, 2.45) is 0 Å². The average molecular weight is 287 g/mol.